The summed E-state index contributed by atoms with van der Waals surface area (Å²) in [5, 5.41) is 13.4. The van der Waals surface area contributed by atoms with Crippen LogP contribution in [0.1, 0.15) is 50.7 Å². The van der Waals surface area contributed by atoms with Crippen LogP contribution < -0.4 is 4.74 Å². The summed E-state index contributed by atoms with van der Waals surface area (Å²) in [6.07, 6.45) is 4.63. The predicted molar refractivity (Wildman–Crippen MR) is 119 cm³/mol. The molecule has 0 heterocycles. The van der Waals surface area contributed by atoms with Crippen molar-refractivity contribution in [3.05, 3.63) is 53.6 Å². The van der Waals surface area contributed by atoms with E-state index in [0.717, 1.165) is 47.2 Å². The van der Waals surface area contributed by atoms with Crippen LogP contribution in [0.25, 0.3) is 21.5 Å². The Labute approximate surface area is 176 Å². The number of carboxylic acid groups (broad SMARTS) is 1. The Morgan fingerprint density at radius 1 is 0.867 bits per heavy atom. The molecule has 4 rings (SSSR count). The van der Waals surface area contributed by atoms with Crippen LogP contribution in [0.5, 0.6) is 5.75 Å². The molecule has 0 saturated heterocycles. The van der Waals surface area contributed by atoms with E-state index in [-0.39, 0.29) is 0 Å². The zero-order valence-electron chi connectivity index (χ0n) is 17.6. The van der Waals surface area contributed by atoms with Gasteiger partial charge in [0.25, 0.3) is 0 Å². The Morgan fingerprint density at radius 3 is 2.23 bits per heavy atom. The van der Waals surface area contributed by atoms with Gasteiger partial charge < -0.3 is 9.84 Å². The molecule has 2 unspecified atom stereocenters. The number of aliphatic carboxylic acids is 1. The third-order valence-corrected chi connectivity index (χ3v) is 6.44. The largest absolute Gasteiger partial charge is 0.481 e. The minimum Gasteiger partial charge on any atom is -0.481 e. The van der Waals surface area contributed by atoms with Crippen molar-refractivity contribution >= 4 is 33.5 Å². The number of rotatable bonds is 5. The number of ether oxygens (including phenoxy) is 1. The fourth-order valence-corrected chi connectivity index (χ4v) is 4.61. The first-order valence-corrected chi connectivity index (χ1v) is 10.9. The van der Waals surface area contributed by atoms with E-state index < -0.39 is 23.8 Å². The normalized spacial score (nSPS) is 19.1. The summed E-state index contributed by atoms with van der Waals surface area (Å²) in [6, 6.07) is 14.6. The first-order chi connectivity index (χ1) is 14.5. The number of carboxylic acids is 1. The Kier molecular flexibility index (Phi) is 5.76. The monoisotopic (exact) mass is 404 g/mol. The topological polar surface area (TPSA) is 63.6 Å². The van der Waals surface area contributed by atoms with Gasteiger partial charge in [-0.25, -0.2) is 0 Å². The Balaban J connectivity index is 1.83. The number of fused-ring (bicyclic) bond motifs is 2. The molecule has 1 N–H and O–H groups in total. The van der Waals surface area contributed by atoms with Gasteiger partial charge in [0.15, 0.2) is 0 Å². The van der Waals surface area contributed by atoms with Gasteiger partial charge in [-0.05, 0) is 59.7 Å². The lowest BCUT2D eigenvalue weighted by Crippen LogP contribution is -2.35. The number of carbonyl (C=O) groups excluding carboxylic acids is 1. The van der Waals surface area contributed by atoms with Gasteiger partial charge in [-0.15, -0.1) is 0 Å². The van der Waals surface area contributed by atoms with Crippen LogP contribution in [-0.2, 0) is 22.4 Å². The molecule has 4 nitrogen and oxygen atoms in total. The fraction of sp³-hybridized carbons (Fsp3) is 0.385. The third-order valence-electron chi connectivity index (χ3n) is 6.44. The number of carbonyl (C=O) groups is 2. The zero-order chi connectivity index (χ0) is 21.3. The molecule has 0 amide bonds. The molecule has 3 aromatic rings. The predicted octanol–water partition coefficient (Wildman–Crippen LogP) is 5.91. The number of hydrogen-bond donors (Lipinski definition) is 1. The Morgan fingerprint density at radius 2 is 1.53 bits per heavy atom. The summed E-state index contributed by atoms with van der Waals surface area (Å²) >= 11 is 0. The standard InChI is InChI=1S/C26H28O4/c1-3-16-10-12-20-19(13-16)15-18-11-9-17(4-2)14-23(18)24(20)30-26(29)22-8-6-5-7-21(22)25(27)28/h9-15,21-22H,3-8H2,1-2H3,(H,27,28). The fourth-order valence-electron chi connectivity index (χ4n) is 4.61. The molecule has 0 bridgehead atoms. The highest BCUT2D eigenvalue weighted by Crippen LogP contribution is 2.38. The summed E-state index contributed by atoms with van der Waals surface area (Å²) in [7, 11) is 0. The molecule has 0 spiro atoms. The van der Waals surface area contributed by atoms with Gasteiger partial charge in [0.05, 0.1) is 11.8 Å². The highest BCUT2D eigenvalue weighted by atomic mass is 16.5. The molecule has 1 aliphatic rings. The van der Waals surface area contributed by atoms with Gasteiger partial charge in [0.1, 0.15) is 5.75 Å². The number of hydrogen-bond acceptors (Lipinski definition) is 3. The van der Waals surface area contributed by atoms with Crippen molar-refractivity contribution in [2.75, 3.05) is 0 Å². The van der Waals surface area contributed by atoms with Gasteiger partial charge in [-0.3, -0.25) is 9.59 Å². The van der Waals surface area contributed by atoms with Crippen LogP contribution in [0.4, 0.5) is 0 Å². The van der Waals surface area contributed by atoms with Crippen molar-refractivity contribution in [2.45, 2.75) is 52.4 Å². The van der Waals surface area contributed by atoms with E-state index in [0.29, 0.717) is 18.6 Å². The smallest absolute Gasteiger partial charge is 0.315 e. The summed E-state index contributed by atoms with van der Waals surface area (Å²) in [4.78, 5) is 24.9. The van der Waals surface area contributed by atoms with Gasteiger partial charge in [-0.2, -0.15) is 0 Å². The lowest BCUT2D eigenvalue weighted by Gasteiger charge is -2.27. The van der Waals surface area contributed by atoms with Crippen LogP contribution in [0.3, 0.4) is 0 Å². The SMILES string of the molecule is CCc1ccc2c(OC(=O)C3CCCCC3C(=O)O)c3cc(CC)ccc3cc2c1. The lowest BCUT2D eigenvalue weighted by molar-refractivity contribution is -0.153. The second-order valence-corrected chi connectivity index (χ2v) is 8.28. The summed E-state index contributed by atoms with van der Waals surface area (Å²) in [5.74, 6) is -2.02. The van der Waals surface area contributed by atoms with Crippen molar-refractivity contribution < 1.29 is 19.4 Å². The molecule has 4 heteroatoms. The van der Waals surface area contributed by atoms with E-state index in [9.17, 15) is 14.7 Å². The van der Waals surface area contributed by atoms with Gasteiger partial charge in [0, 0.05) is 10.8 Å². The first-order valence-electron chi connectivity index (χ1n) is 10.9. The average molecular weight is 405 g/mol. The van der Waals surface area contributed by atoms with E-state index >= 15 is 0 Å². The number of benzene rings is 3. The average Bonchev–Trinajstić information content (AvgIpc) is 2.78. The van der Waals surface area contributed by atoms with Crippen molar-refractivity contribution in [2.24, 2.45) is 11.8 Å². The van der Waals surface area contributed by atoms with Crippen molar-refractivity contribution in [1.82, 2.24) is 0 Å². The maximum atomic E-state index is 13.2. The van der Waals surface area contributed by atoms with E-state index in [1.54, 1.807) is 0 Å². The second kappa shape index (κ2) is 8.47. The van der Waals surface area contributed by atoms with Crippen LogP contribution >= 0.6 is 0 Å². The molecule has 1 saturated carbocycles. The van der Waals surface area contributed by atoms with Gasteiger partial charge >= 0.3 is 11.9 Å². The first kappa shape index (κ1) is 20.4. The van der Waals surface area contributed by atoms with Gasteiger partial charge in [-0.1, -0.05) is 57.0 Å². The molecule has 30 heavy (non-hydrogen) atoms. The summed E-state index contributed by atoms with van der Waals surface area (Å²) < 4.78 is 6.03. The molecule has 0 aromatic heterocycles. The van der Waals surface area contributed by atoms with Crippen LogP contribution in [0.2, 0.25) is 0 Å². The van der Waals surface area contributed by atoms with E-state index in [1.165, 1.54) is 11.1 Å². The lowest BCUT2D eigenvalue weighted by atomic mass is 9.79. The molecule has 0 aliphatic heterocycles. The molecule has 1 aliphatic carbocycles. The zero-order valence-corrected chi connectivity index (χ0v) is 17.6. The van der Waals surface area contributed by atoms with Crippen molar-refractivity contribution in [3.8, 4) is 5.75 Å². The van der Waals surface area contributed by atoms with E-state index in [1.807, 2.05) is 6.07 Å². The molecular formula is C26H28O4. The van der Waals surface area contributed by atoms with Crippen molar-refractivity contribution in [1.29, 1.82) is 0 Å². The maximum Gasteiger partial charge on any atom is 0.315 e. The third kappa shape index (κ3) is 3.79. The number of aryl methyl sites for hydroxylation is 2. The second-order valence-electron chi connectivity index (χ2n) is 8.28. The molecule has 2 atom stereocenters. The van der Waals surface area contributed by atoms with E-state index in [4.69, 9.17) is 4.74 Å². The summed E-state index contributed by atoms with van der Waals surface area (Å²) in [6.45, 7) is 4.21. The number of esters is 1. The maximum absolute atomic E-state index is 13.2. The molecular weight excluding hydrogens is 376 g/mol. The summed E-state index contributed by atoms with van der Waals surface area (Å²) in [5.41, 5.74) is 2.40. The van der Waals surface area contributed by atoms with Crippen LogP contribution in [0.15, 0.2) is 42.5 Å². The molecule has 0 radical (unpaired) electrons. The highest BCUT2D eigenvalue weighted by Gasteiger charge is 2.37. The Bertz CT molecular complexity index is 1110. The minimum absolute atomic E-state index is 0.419. The quantitative estimate of drug-likeness (QED) is 0.326. The molecule has 3 aromatic carbocycles. The van der Waals surface area contributed by atoms with Gasteiger partial charge in [0.2, 0.25) is 0 Å². The van der Waals surface area contributed by atoms with Crippen molar-refractivity contribution in [3.63, 3.8) is 0 Å². The van der Waals surface area contributed by atoms with Crippen LogP contribution in [0, 0.1) is 11.8 Å². The minimum atomic E-state index is -0.903. The van der Waals surface area contributed by atoms with Crippen LogP contribution in [-0.4, -0.2) is 17.0 Å². The Hall–Kier alpha value is -2.88. The van der Waals surface area contributed by atoms with E-state index in [2.05, 4.69) is 50.2 Å². The molecule has 1 fully saturated rings. The highest BCUT2D eigenvalue weighted by molar-refractivity contribution is 6.07. The molecule has 156 valence electrons.